The van der Waals surface area contributed by atoms with E-state index in [0.717, 1.165) is 22.2 Å². The molecule has 0 amide bonds. The summed E-state index contributed by atoms with van der Waals surface area (Å²) in [5.41, 5.74) is 9.20. The minimum atomic E-state index is 0.191. The molecular weight excluding hydrogens is 292 g/mol. The highest BCUT2D eigenvalue weighted by Crippen LogP contribution is 2.46. The predicted molar refractivity (Wildman–Crippen MR) is 87.1 cm³/mol. The molecule has 0 saturated heterocycles. The molecule has 0 bridgehead atoms. The third kappa shape index (κ3) is 1.77. The van der Waals surface area contributed by atoms with Crippen molar-refractivity contribution in [3.8, 4) is 35.0 Å². The standard InChI is InChI=1S/C17H14N4O2/c1-3-11-13(10-6-5-7-12-15(10)23-9-22-12)14-16(18)19-8-20-17(14)21(11)4-2/h1,5-8H,4,9H2,2H3,(H2,18,19,20). The maximum atomic E-state index is 6.13. The normalized spacial score (nSPS) is 12.5. The Morgan fingerprint density at radius 2 is 2.22 bits per heavy atom. The average molecular weight is 306 g/mol. The molecule has 1 aliphatic heterocycles. The van der Waals surface area contributed by atoms with E-state index in [4.69, 9.17) is 21.6 Å². The molecule has 1 aliphatic rings. The van der Waals surface area contributed by atoms with Crippen molar-refractivity contribution in [3.05, 3.63) is 30.2 Å². The number of benzene rings is 1. The lowest BCUT2D eigenvalue weighted by Crippen LogP contribution is -1.99. The van der Waals surface area contributed by atoms with Gasteiger partial charge < -0.3 is 19.8 Å². The zero-order valence-corrected chi connectivity index (χ0v) is 12.5. The van der Waals surface area contributed by atoms with Crippen LogP contribution < -0.4 is 15.2 Å². The van der Waals surface area contributed by atoms with Gasteiger partial charge in [0.05, 0.1) is 5.39 Å². The van der Waals surface area contributed by atoms with E-state index in [1.54, 1.807) is 0 Å². The Bertz CT molecular complexity index is 969. The fourth-order valence-corrected chi connectivity index (χ4v) is 3.04. The van der Waals surface area contributed by atoms with Gasteiger partial charge in [0.25, 0.3) is 0 Å². The van der Waals surface area contributed by atoms with E-state index in [-0.39, 0.29) is 6.79 Å². The molecule has 0 atom stereocenters. The van der Waals surface area contributed by atoms with Crippen LogP contribution >= 0.6 is 0 Å². The number of anilines is 1. The molecule has 0 spiro atoms. The third-order valence-corrected chi connectivity index (χ3v) is 3.99. The van der Waals surface area contributed by atoms with E-state index in [9.17, 15) is 0 Å². The smallest absolute Gasteiger partial charge is 0.231 e. The molecule has 6 nitrogen and oxygen atoms in total. The lowest BCUT2D eigenvalue weighted by molar-refractivity contribution is 0.174. The van der Waals surface area contributed by atoms with Gasteiger partial charge in [-0.1, -0.05) is 18.1 Å². The van der Waals surface area contributed by atoms with E-state index in [0.29, 0.717) is 29.6 Å². The fraction of sp³-hybridized carbons (Fsp3) is 0.176. The SMILES string of the molecule is C#Cc1c(-c2cccc3c2OCO3)c2c(N)ncnc2n1CC. The second-order valence-electron chi connectivity index (χ2n) is 5.11. The Balaban J connectivity index is 2.17. The van der Waals surface area contributed by atoms with Gasteiger partial charge in [0, 0.05) is 17.7 Å². The second-order valence-corrected chi connectivity index (χ2v) is 5.11. The number of nitrogen functional groups attached to an aromatic ring is 1. The highest BCUT2D eigenvalue weighted by molar-refractivity contribution is 6.05. The number of nitrogens with two attached hydrogens (primary N) is 1. The summed E-state index contributed by atoms with van der Waals surface area (Å²) >= 11 is 0. The van der Waals surface area contributed by atoms with E-state index >= 15 is 0 Å². The summed E-state index contributed by atoms with van der Waals surface area (Å²) in [5.74, 6) is 4.52. The lowest BCUT2D eigenvalue weighted by Gasteiger charge is -2.07. The summed E-state index contributed by atoms with van der Waals surface area (Å²) in [5, 5.41) is 0.742. The molecule has 0 aliphatic carbocycles. The number of rotatable bonds is 2. The Morgan fingerprint density at radius 3 is 3.00 bits per heavy atom. The predicted octanol–water partition coefficient (Wildman–Crippen LogP) is 2.41. The van der Waals surface area contributed by atoms with E-state index in [1.165, 1.54) is 6.33 Å². The van der Waals surface area contributed by atoms with Gasteiger partial charge in [-0.2, -0.15) is 0 Å². The summed E-state index contributed by atoms with van der Waals surface area (Å²) < 4.78 is 13.1. The van der Waals surface area contributed by atoms with Gasteiger partial charge in [-0.3, -0.25) is 0 Å². The largest absolute Gasteiger partial charge is 0.454 e. The Hall–Kier alpha value is -3.20. The first-order chi connectivity index (χ1) is 11.3. The van der Waals surface area contributed by atoms with Gasteiger partial charge in [-0.05, 0) is 13.0 Å². The Kier molecular flexibility index (Phi) is 2.88. The maximum absolute atomic E-state index is 6.13. The maximum Gasteiger partial charge on any atom is 0.231 e. The van der Waals surface area contributed by atoms with Crippen LogP contribution in [0.4, 0.5) is 5.82 Å². The van der Waals surface area contributed by atoms with Gasteiger partial charge in [-0.15, -0.1) is 6.42 Å². The van der Waals surface area contributed by atoms with E-state index in [2.05, 4.69) is 15.9 Å². The monoisotopic (exact) mass is 306 g/mol. The fourth-order valence-electron chi connectivity index (χ4n) is 3.04. The number of aryl methyl sites for hydroxylation is 1. The van der Waals surface area contributed by atoms with Crippen LogP contribution in [0.1, 0.15) is 12.6 Å². The lowest BCUT2D eigenvalue weighted by atomic mass is 10.0. The molecular formula is C17H14N4O2. The topological polar surface area (TPSA) is 75.2 Å². The molecule has 6 heteroatoms. The molecule has 114 valence electrons. The highest BCUT2D eigenvalue weighted by Gasteiger charge is 2.26. The molecule has 0 saturated carbocycles. The number of nitrogens with zero attached hydrogens (tertiary/aromatic N) is 3. The summed E-state index contributed by atoms with van der Waals surface area (Å²) in [6, 6.07) is 5.70. The van der Waals surface area contributed by atoms with Crippen LogP contribution in [0.3, 0.4) is 0 Å². The first kappa shape index (κ1) is 13.5. The van der Waals surface area contributed by atoms with Crippen molar-refractivity contribution in [2.75, 3.05) is 12.5 Å². The third-order valence-electron chi connectivity index (χ3n) is 3.99. The first-order valence-corrected chi connectivity index (χ1v) is 7.24. The number of ether oxygens (including phenoxy) is 2. The van der Waals surface area contributed by atoms with Crippen molar-refractivity contribution in [1.82, 2.24) is 14.5 Å². The molecule has 2 N–H and O–H groups in total. The van der Waals surface area contributed by atoms with Crippen LogP contribution in [-0.4, -0.2) is 21.3 Å². The average Bonchev–Trinajstić information content (AvgIpc) is 3.16. The summed E-state index contributed by atoms with van der Waals surface area (Å²) in [6.45, 7) is 2.88. The summed E-state index contributed by atoms with van der Waals surface area (Å²) in [6.07, 6.45) is 7.24. The van der Waals surface area contributed by atoms with Crippen LogP contribution in [0, 0.1) is 12.3 Å². The van der Waals surface area contributed by atoms with Crippen molar-refractivity contribution in [3.63, 3.8) is 0 Å². The highest BCUT2D eigenvalue weighted by atomic mass is 16.7. The Morgan fingerprint density at radius 1 is 1.35 bits per heavy atom. The van der Waals surface area contributed by atoms with Gasteiger partial charge in [-0.25, -0.2) is 9.97 Å². The molecule has 23 heavy (non-hydrogen) atoms. The van der Waals surface area contributed by atoms with Gasteiger partial charge in [0.2, 0.25) is 6.79 Å². The van der Waals surface area contributed by atoms with Crippen LogP contribution in [-0.2, 0) is 6.54 Å². The van der Waals surface area contributed by atoms with Crippen LogP contribution in [0.15, 0.2) is 24.5 Å². The van der Waals surface area contributed by atoms with Crippen molar-refractivity contribution >= 4 is 16.9 Å². The molecule has 0 unspecified atom stereocenters. The molecule has 1 aromatic carbocycles. The first-order valence-electron chi connectivity index (χ1n) is 7.24. The van der Waals surface area contributed by atoms with Crippen LogP contribution in [0.25, 0.3) is 22.2 Å². The minimum Gasteiger partial charge on any atom is -0.454 e. The number of aromatic nitrogens is 3. The Labute approximate surface area is 132 Å². The van der Waals surface area contributed by atoms with Crippen LogP contribution in [0.2, 0.25) is 0 Å². The van der Waals surface area contributed by atoms with Gasteiger partial charge >= 0.3 is 0 Å². The van der Waals surface area contributed by atoms with Crippen molar-refractivity contribution in [2.45, 2.75) is 13.5 Å². The molecule has 2 aromatic heterocycles. The van der Waals surface area contributed by atoms with Crippen molar-refractivity contribution < 1.29 is 9.47 Å². The zero-order chi connectivity index (χ0) is 16.0. The van der Waals surface area contributed by atoms with Crippen LogP contribution in [0.5, 0.6) is 11.5 Å². The second kappa shape index (κ2) is 4.92. The summed E-state index contributed by atoms with van der Waals surface area (Å²) in [4.78, 5) is 8.49. The number of hydrogen-bond acceptors (Lipinski definition) is 5. The minimum absolute atomic E-state index is 0.191. The van der Waals surface area contributed by atoms with Crippen molar-refractivity contribution in [1.29, 1.82) is 0 Å². The van der Waals surface area contributed by atoms with E-state index < -0.39 is 0 Å². The quantitative estimate of drug-likeness (QED) is 0.736. The molecule has 3 heterocycles. The number of fused-ring (bicyclic) bond motifs is 2. The molecule has 0 fully saturated rings. The molecule has 4 rings (SSSR count). The van der Waals surface area contributed by atoms with E-state index in [1.807, 2.05) is 29.7 Å². The molecule has 0 radical (unpaired) electrons. The zero-order valence-electron chi connectivity index (χ0n) is 12.5. The van der Waals surface area contributed by atoms with Crippen molar-refractivity contribution in [2.24, 2.45) is 0 Å². The summed E-state index contributed by atoms with van der Waals surface area (Å²) in [7, 11) is 0. The number of terminal acetylenes is 1. The number of para-hydroxylation sites is 1. The van der Waals surface area contributed by atoms with Gasteiger partial charge in [0.1, 0.15) is 23.5 Å². The molecule has 3 aromatic rings. The number of hydrogen-bond donors (Lipinski definition) is 1. The van der Waals surface area contributed by atoms with Gasteiger partial charge in [0.15, 0.2) is 11.5 Å².